The molecule has 2 atom stereocenters. The molecule has 30 heavy (non-hydrogen) atoms. The molecule has 2 aromatic rings. The van der Waals surface area contributed by atoms with Crippen LogP contribution in [0, 0.1) is 0 Å². The normalized spacial score (nSPS) is 13.7. The van der Waals surface area contributed by atoms with Crippen LogP contribution in [-0.4, -0.2) is 33.8 Å². The van der Waals surface area contributed by atoms with Gasteiger partial charge >= 0.3 is 12.1 Å². The van der Waals surface area contributed by atoms with Crippen molar-refractivity contribution in [1.29, 1.82) is 0 Å². The van der Waals surface area contributed by atoms with Gasteiger partial charge < -0.3 is 15.2 Å². The first kappa shape index (κ1) is 23.6. The summed E-state index contributed by atoms with van der Waals surface area (Å²) in [7, 11) is 0. The first-order valence-corrected chi connectivity index (χ1v) is 9.81. The summed E-state index contributed by atoms with van der Waals surface area (Å²) in [5.41, 5.74) is 1.15. The number of hydrogen-bond acceptors (Lipinski definition) is 5. The van der Waals surface area contributed by atoms with Gasteiger partial charge in [0.2, 0.25) is 0 Å². The average Bonchev–Trinajstić information content (AvgIpc) is 2.70. The molecule has 1 aromatic carbocycles. The average molecular weight is 425 g/mol. The molecule has 2 N–H and O–H groups in total. The molecule has 0 aliphatic rings. The highest BCUT2D eigenvalue weighted by Gasteiger charge is 2.43. The minimum atomic E-state index is -4.61. The van der Waals surface area contributed by atoms with E-state index in [1.165, 1.54) is 31.5 Å². The van der Waals surface area contributed by atoms with Crippen molar-refractivity contribution >= 4 is 17.3 Å². The van der Waals surface area contributed by atoms with Crippen molar-refractivity contribution in [1.82, 2.24) is 9.97 Å². The number of benzene rings is 1. The predicted molar refractivity (Wildman–Crippen MR) is 107 cm³/mol. The highest BCUT2D eigenvalue weighted by atomic mass is 19.4. The Morgan fingerprint density at radius 1 is 1.20 bits per heavy atom. The number of nitrogens with one attached hydrogen (secondary N) is 1. The second-order valence-corrected chi connectivity index (χ2v) is 6.79. The molecule has 0 saturated carbocycles. The lowest BCUT2D eigenvalue weighted by Crippen LogP contribution is -2.24. The molecule has 0 bridgehead atoms. The number of anilines is 2. The second kappa shape index (κ2) is 10.4. The Bertz CT molecular complexity index is 842. The smallest absolute Gasteiger partial charge is 0.418 e. The van der Waals surface area contributed by atoms with E-state index in [0.29, 0.717) is 29.9 Å². The van der Waals surface area contributed by atoms with Crippen LogP contribution in [0.5, 0.6) is 0 Å². The summed E-state index contributed by atoms with van der Waals surface area (Å²) in [4.78, 5) is 19.5. The quantitative estimate of drug-likeness (QED) is 0.531. The van der Waals surface area contributed by atoms with Crippen molar-refractivity contribution in [3.8, 4) is 0 Å². The van der Waals surface area contributed by atoms with Crippen molar-refractivity contribution in [2.75, 3.05) is 11.9 Å². The molecular weight excluding hydrogens is 399 g/mol. The number of rotatable bonds is 10. The predicted octanol–water partition coefficient (Wildman–Crippen LogP) is 5.39. The van der Waals surface area contributed by atoms with Gasteiger partial charge in [-0.25, -0.2) is 9.97 Å². The molecule has 0 spiro atoms. The third-order valence-corrected chi connectivity index (χ3v) is 4.68. The van der Waals surface area contributed by atoms with Crippen molar-refractivity contribution in [2.24, 2.45) is 0 Å². The number of hydrogen-bond donors (Lipinski definition) is 2. The lowest BCUT2D eigenvalue weighted by atomic mass is 9.91. The fraction of sp³-hybridized carbons (Fsp3) is 0.476. The molecule has 0 radical (unpaired) electrons. The van der Waals surface area contributed by atoms with Crippen LogP contribution in [0.25, 0.3) is 0 Å². The molecule has 0 amide bonds. The number of alkyl halides is 3. The SMILES string of the molecule is CCO[C@H](c1ccc(C(CC)CC(=O)O)cc1Nc1cnc(CC)nc1)C(F)(F)F. The Labute approximate surface area is 173 Å². The lowest BCUT2D eigenvalue weighted by molar-refractivity contribution is -0.222. The standard InChI is InChI=1S/C21H26F3N3O3/c1-4-13(10-19(28)29)14-7-8-16(20(30-6-3)21(22,23)24)17(9-14)27-15-11-25-18(5-2)26-12-15/h7-9,11-13,20,27H,4-6,10H2,1-3H3,(H,28,29)/t13?,20-/m1/s1. The topological polar surface area (TPSA) is 84.3 Å². The third-order valence-electron chi connectivity index (χ3n) is 4.68. The summed E-state index contributed by atoms with van der Waals surface area (Å²) >= 11 is 0. The summed E-state index contributed by atoms with van der Waals surface area (Å²) in [6.45, 7) is 5.12. The Balaban J connectivity index is 2.52. The zero-order valence-electron chi connectivity index (χ0n) is 17.2. The van der Waals surface area contributed by atoms with Gasteiger partial charge in [-0.3, -0.25) is 4.79 Å². The Morgan fingerprint density at radius 3 is 2.37 bits per heavy atom. The maximum atomic E-state index is 13.7. The highest BCUT2D eigenvalue weighted by Crippen LogP contribution is 2.41. The van der Waals surface area contributed by atoms with Gasteiger partial charge in [0.15, 0.2) is 6.10 Å². The first-order chi connectivity index (χ1) is 14.2. The number of carbonyl (C=O) groups is 1. The number of nitrogens with zero attached hydrogens (tertiary/aromatic N) is 2. The van der Waals surface area contributed by atoms with Gasteiger partial charge in [-0.05, 0) is 30.9 Å². The minimum absolute atomic E-state index is 0.0853. The van der Waals surface area contributed by atoms with Crippen LogP contribution in [0.2, 0.25) is 0 Å². The Morgan fingerprint density at radius 2 is 1.87 bits per heavy atom. The van der Waals surface area contributed by atoms with E-state index in [1.807, 2.05) is 13.8 Å². The van der Waals surface area contributed by atoms with Gasteiger partial charge in [0.05, 0.1) is 24.5 Å². The molecule has 0 aliphatic carbocycles. The van der Waals surface area contributed by atoms with E-state index in [1.54, 1.807) is 6.07 Å². The van der Waals surface area contributed by atoms with Gasteiger partial charge in [-0.1, -0.05) is 26.0 Å². The van der Waals surface area contributed by atoms with Crippen LogP contribution < -0.4 is 5.32 Å². The van der Waals surface area contributed by atoms with E-state index < -0.39 is 18.2 Å². The fourth-order valence-electron chi connectivity index (χ4n) is 3.16. The van der Waals surface area contributed by atoms with E-state index >= 15 is 0 Å². The van der Waals surface area contributed by atoms with Crippen LogP contribution >= 0.6 is 0 Å². The molecule has 0 fully saturated rings. The van der Waals surface area contributed by atoms with E-state index in [-0.39, 0.29) is 30.2 Å². The lowest BCUT2D eigenvalue weighted by Gasteiger charge is -2.25. The van der Waals surface area contributed by atoms with Crippen LogP contribution in [0.15, 0.2) is 30.6 Å². The van der Waals surface area contributed by atoms with Crippen LogP contribution in [-0.2, 0) is 16.0 Å². The van der Waals surface area contributed by atoms with Gasteiger partial charge in [-0.2, -0.15) is 13.2 Å². The number of carboxylic acids is 1. The van der Waals surface area contributed by atoms with Gasteiger partial charge in [-0.15, -0.1) is 0 Å². The number of carboxylic acid groups (broad SMARTS) is 1. The van der Waals surface area contributed by atoms with E-state index in [4.69, 9.17) is 9.84 Å². The molecule has 0 aliphatic heterocycles. The zero-order valence-corrected chi connectivity index (χ0v) is 17.2. The Hall–Kier alpha value is -2.68. The molecular formula is C21H26F3N3O3. The van der Waals surface area contributed by atoms with Crippen molar-refractivity contribution in [2.45, 2.75) is 58.2 Å². The number of aliphatic carboxylic acids is 1. The van der Waals surface area contributed by atoms with Gasteiger partial charge in [0, 0.05) is 24.3 Å². The molecule has 1 unspecified atom stereocenters. The van der Waals surface area contributed by atoms with Gasteiger partial charge in [0.25, 0.3) is 0 Å². The van der Waals surface area contributed by atoms with Crippen molar-refractivity contribution < 1.29 is 27.8 Å². The largest absolute Gasteiger partial charge is 0.481 e. The summed E-state index contributed by atoms with van der Waals surface area (Å²) < 4.78 is 46.0. The van der Waals surface area contributed by atoms with Crippen molar-refractivity contribution in [3.63, 3.8) is 0 Å². The summed E-state index contributed by atoms with van der Waals surface area (Å²) in [5, 5.41) is 12.1. The molecule has 0 saturated heterocycles. The van der Waals surface area contributed by atoms with Crippen LogP contribution in [0.4, 0.5) is 24.5 Å². The first-order valence-electron chi connectivity index (χ1n) is 9.81. The number of halogens is 3. The minimum Gasteiger partial charge on any atom is -0.481 e. The molecule has 2 rings (SSSR count). The maximum Gasteiger partial charge on any atom is 0.418 e. The molecule has 1 heterocycles. The number of ether oxygens (including phenoxy) is 1. The monoisotopic (exact) mass is 425 g/mol. The Kier molecular flexibility index (Phi) is 8.16. The molecule has 9 heteroatoms. The highest BCUT2D eigenvalue weighted by molar-refractivity contribution is 5.69. The van der Waals surface area contributed by atoms with Gasteiger partial charge in [0.1, 0.15) is 5.82 Å². The summed E-state index contributed by atoms with van der Waals surface area (Å²) in [6.07, 6.45) is -2.67. The van der Waals surface area contributed by atoms with Crippen LogP contribution in [0.1, 0.15) is 62.6 Å². The molecule has 6 nitrogen and oxygen atoms in total. The fourth-order valence-corrected chi connectivity index (χ4v) is 3.16. The van der Waals surface area contributed by atoms with Crippen molar-refractivity contribution in [3.05, 3.63) is 47.5 Å². The molecule has 1 aromatic heterocycles. The molecule has 164 valence electrons. The number of aromatic nitrogens is 2. The number of aryl methyl sites for hydroxylation is 1. The zero-order chi connectivity index (χ0) is 22.3. The van der Waals surface area contributed by atoms with Crippen LogP contribution in [0.3, 0.4) is 0 Å². The van der Waals surface area contributed by atoms with E-state index in [9.17, 15) is 18.0 Å². The summed E-state index contributed by atoms with van der Waals surface area (Å²) in [5.74, 6) is -0.678. The summed E-state index contributed by atoms with van der Waals surface area (Å²) in [6, 6.07) is 4.43. The maximum absolute atomic E-state index is 13.7. The third kappa shape index (κ3) is 6.16. The van der Waals surface area contributed by atoms with E-state index in [2.05, 4.69) is 15.3 Å². The van der Waals surface area contributed by atoms with E-state index in [0.717, 1.165) is 0 Å². The second-order valence-electron chi connectivity index (χ2n) is 6.79.